The normalized spacial score (nSPS) is 21.7. The van der Waals surface area contributed by atoms with Crippen molar-refractivity contribution in [2.24, 2.45) is 11.7 Å². The molecule has 17 heavy (non-hydrogen) atoms. The predicted molar refractivity (Wildman–Crippen MR) is 77.2 cm³/mol. The zero-order valence-corrected chi connectivity index (χ0v) is 11.8. The van der Waals surface area contributed by atoms with Gasteiger partial charge in [0.05, 0.1) is 0 Å². The summed E-state index contributed by atoms with van der Waals surface area (Å²) in [5, 5.41) is 0. The summed E-state index contributed by atoms with van der Waals surface area (Å²) in [5.41, 5.74) is 5.58. The summed E-state index contributed by atoms with van der Waals surface area (Å²) in [5.74, 6) is 1.01. The van der Waals surface area contributed by atoms with E-state index in [0.717, 1.165) is 12.5 Å². The van der Waals surface area contributed by atoms with Crippen LogP contribution in [-0.4, -0.2) is 6.54 Å². The van der Waals surface area contributed by atoms with E-state index in [2.05, 4.69) is 0 Å². The maximum Gasteiger partial charge on any atom is -0.00773 e. The molecule has 0 aromatic heterocycles. The Morgan fingerprint density at radius 3 is 1.59 bits per heavy atom. The summed E-state index contributed by atoms with van der Waals surface area (Å²) in [6, 6.07) is 0. The van der Waals surface area contributed by atoms with Crippen LogP contribution < -0.4 is 5.73 Å². The van der Waals surface area contributed by atoms with Gasteiger partial charge in [0.25, 0.3) is 0 Å². The monoisotopic (exact) mass is 239 g/mol. The molecule has 0 aliphatic heterocycles. The fraction of sp³-hybridized carbons (Fsp3) is 1.00. The summed E-state index contributed by atoms with van der Waals surface area (Å²) in [7, 11) is 0. The largest absolute Gasteiger partial charge is 0.330 e. The topological polar surface area (TPSA) is 26.0 Å². The van der Waals surface area contributed by atoms with Crippen molar-refractivity contribution in [3.05, 3.63) is 0 Å². The van der Waals surface area contributed by atoms with Gasteiger partial charge in [-0.15, -0.1) is 0 Å². The Labute approximate surface area is 109 Å². The van der Waals surface area contributed by atoms with Crippen molar-refractivity contribution in [1.82, 2.24) is 0 Å². The lowest BCUT2D eigenvalue weighted by molar-refractivity contribution is 0.364. The first-order chi connectivity index (χ1) is 8.43. The molecule has 0 saturated heterocycles. The van der Waals surface area contributed by atoms with Crippen LogP contribution in [-0.2, 0) is 0 Å². The highest BCUT2D eigenvalue weighted by atomic mass is 14.5. The highest BCUT2D eigenvalue weighted by Gasteiger charge is 2.09. The van der Waals surface area contributed by atoms with Crippen LogP contribution in [0.5, 0.6) is 0 Å². The minimum atomic E-state index is 0.882. The van der Waals surface area contributed by atoms with Crippen molar-refractivity contribution in [2.75, 3.05) is 6.54 Å². The molecule has 0 atom stereocenters. The third kappa shape index (κ3) is 8.65. The van der Waals surface area contributed by atoms with E-state index in [0.29, 0.717) is 0 Å². The number of nitrogens with two attached hydrogens (primary N) is 1. The standard InChI is InChI=1S/C16H33N/c17-15-11-10-14-16-12-8-6-4-2-1-3-5-7-9-13-16/h16H,1-15,17H2. The molecule has 1 aliphatic rings. The molecule has 2 N–H and O–H groups in total. The fourth-order valence-electron chi connectivity index (χ4n) is 3.11. The van der Waals surface area contributed by atoms with Gasteiger partial charge in [-0.1, -0.05) is 83.5 Å². The number of rotatable bonds is 4. The lowest BCUT2D eigenvalue weighted by atomic mass is 9.89. The molecule has 1 nitrogen and oxygen atoms in total. The molecule has 1 rings (SSSR count). The maximum atomic E-state index is 5.58. The van der Waals surface area contributed by atoms with Crippen molar-refractivity contribution in [3.63, 3.8) is 0 Å². The molecule has 1 fully saturated rings. The van der Waals surface area contributed by atoms with E-state index in [1.165, 1.54) is 89.9 Å². The zero-order chi connectivity index (χ0) is 12.2. The van der Waals surface area contributed by atoms with E-state index in [1.54, 1.807) is 0 Å². The van der Waals surface area contributed by atoms with Crippen LogP contribution in [0, 0.1) is 5.92 Å². The Kier molecular flexibility index (Phi) is 9.78. The second-order valence-electron chi connectivity index (χ2n) is 5.91. The quantitative estimate of drug-likeness (QED) is 0.684. The van der Waals surface area contributed by atoms with Gasteiger partial charge in [-0.05, 0) is 18.9 Å². The zero-order valence-electron chi connectivity index (χ0n) is 11.8. The number of hydrogen-bond donors (Lipinski definition) is 1. The summed E-state index contributed by atoms with van der Waals surface area (Å²) in [4.78, 5) is 0. The molecule has 1 saturated carbocycles. The molecule has 0 aromatic rings. The average Bonchev–Trinajstić information content (AvgIpc) is 2.32. The van der Waals surface area contributed by atoms with E-state index >= 15 is 0 Å². The van der Waals surface area contributed by atoms with E-state index < -0.39 is 0 Å². The molecule has 0 aromatic carbocycles. The Morgan fingerprint density at radius 1 is 0.647 bits per heavy atom. The lowest BCUT2D eigenvalue weighted by Gasteiger charge is -2.17. The van der Waals surface area contributed by atoms with Gasteiger partial charge >= 0.3 is 0 Å². The molecule has 0 amide bonds. The molecule has 0 spiro atoms. The second-order valence-corrected chi connectivity index (χ2v) is 5.91. The van der Waals surface area contributed by atoms with Crippen molar-refractivity contribution in [1.29, 1.82) is 0 Å². The van der Waals surface area contributed by atoms with Gasteiger partial charge in [0.15, 0.2) is 0 Å². The summed E-state index contributed by atoms with van der Waals surface area (Å²) < 4.78 is 0. The van der Waals surface area contributed by atoms with Crippen LogP contribution in [0.3, 0.4) is 0 Å². The fourth-order valence-corrected chi connectivity index (χ4v) is 3.11. The number of hydrogen-bond acceptors (Lipinski definition) is 1. The molecule has 1 aliphatic carbocycles. The van der Waals surface area contributed by atoms with Crippen molar-refractivity contribution in [3.8, 4) is 0 Å². The first-order valence-corrected chi connectivity index (χ1v) is 8.13. The molecular formula is C16H33N. The third-order valence-electron chi connectivity index (χ3n) is 4.29. The Morgan fingerprint density at radius 2 is 1.12 bits per heavy atom. The summed E-state index contributed by atoms with van der Waals surface area (Å²) >= 11 is 0. The van der Waals surface area contributed by atoms with Crippen LogP contribution in [0.15, 0.2) is 0 Å². The van der Waals surface area contributed by atoms with Crippen molar-refractivity contribution in [2.45, 2.75) is 89.9 Å². The highest BCUT2D eigenvalue weighted by molar-refractivity contribution is 4.62. The third-order valence-corrected chi connectivity index (χ3v) is 4.29. The van der Waals surface area contributed by atoms with Crippen molar-refractivity contribution < 1.29 is 0 Å². The van der Waals surface area contributed by atoms with E-state index in [4.69, 9.17) is 5.73 Å². The first kappa shape index (κ1) is 15.0. The summed E-state index contributed by atoms with van der Waals surface area (Å²) in [6.07, 6.45) is 20.4. The average molecular weight is 239 g/mol. The molecule has 0 radical (unpaired) electrons. The Bertz CT molecular complexity index is 144. The van der Waals surface area contributed by atoms with Crippen LogP contribution in [0.4, 0.5) is 0 Å². The second kappa shape index (κ2) is 11.1. The smallest absolute Gasteiger partial charge is 0.00773 e. The van der Waals surface area contributed by atoms with Gasteiger partial charge in [-0.3, -0.25) is 0 Å². The van der Waals surface area contributed by atoms with Crippen LogP contribution >= 0.6 is 0 Å². The van der Waals surface area contributed by atoms with E-state index in [-0.39, 0.29) is 0 Å². The minimum Gasteiger partial charge on any atom is -0.330 e. The Balaban J connectivity index is 2.17. The molecule has 0 bridgehead atoms. The first-order valence-electron chi connectivity index (χ1n) is 8.13. The summed E-state index contributed by atoms with van der Waals surface area (Å²) in [6.45, 7) is 0.882. The van der Waals surface area contributed by atoms with Gasteiger partial charge in [0.2, 0.25) is 0 Å². The highest BCUT2D eigenvalue weighted by Crippen LogP contribution is 2.24. The van der Waals surface area contributed by atoms with Gasteiger partial charge in [-0.25, -0.2) is 0 Å². The molecule has 0 heterocycles. The van der Waals surface area contributed by atoms with Gasteiger partial charge in [0, 0.05) is 0 Å². The number of unbranched alkanes of at least 4 members (excludes halogenated alkanes) is 1. The van der Waals surface area contributed by atoms with Gasteiger partial charge in [-0.2, -0.15) is 0 Å². The molecule has 1 heteroatoms. The van der Waals surface area contributed by atoms with Crippen LogP contribution in [0.1, 0.15) is 89.9 Å². The van der Waals surface area contributed by atoms with Crippen molar-refractivity contribution >= 4 is 0 Å². The maximum absolute atomic E-state index is 5.58. The van der Waals surface area contributed by atoms with Crippen LogP contribution in [0.25, 0.3) is 0 Å². The van der Waals surface area contributed by atoms with E-state index in [1.807, 2.05) is 0 Å². The predicted octanol–water partition coefficient (Wildman–Crippen LogP) is 5.04. The molecular weight excluding hydrogens is 206 g/mol. The SMILES string of the molecule is NCCCCC1CCCCCCCCCCC1. The molecule has 0 unspecified atom stereocenters. The molecule has 102 valence electrons. The van der Waals surface area contributed by atoms with Crippen LogP contribution in [0.2, 0.25) is 0 Å². The van der Waals surface area contributed by atoms with Gasteiger partial charge < -0.3 is 5.73 Å². The lowest BCUT2D eigenvalue weighted by Crippen LogP contribution is -2.04. The Hall–Kier alpha value is -0.0400. The minimum absolute atomic E-state index is 0.882. The van der Waals surface area contributed by atoms with Gasteiger partial charge in [0.1, 0.15) is 0 Å². The van der Waals surface area contributed by atoms with E-state index in [9.17, 15) is 0 Å².